The molecule has 3 heterocycles. The van der Waals surface area contributed by atoms with Gasteiger partial charge in [-0.05, 0) is 56.0 Å². The van der Waals surface area contributed by atoms with E-state index in [-0.39, 0.29) is 0 Å². The molecule has 2 fully saturated rings. The fourth-order valence-electron chi connectivity index (χ4n) is 3.98. The second-order valence-electron chi connectivity index (χ2n) is 6.57. The van der Waals surface area contributed by atoms with Crippen LogP contribution >= 0.6 is 0 Å². The number of nitrogens with one attached hydrogen (secondary N) is 1. The number of nitrogens with zero attached hydrogens (tertiary/aromatic N) is 3. The topological polar surface area (TPSA) is 33.1 Å². The van der Waals surface area contributed by atoms with Gasteiger partial charge in [0.15, 0.2) is 0 Å². The van der Waals surface area contributed by atoms with E-state index in [0.717, 1.165) is 18.5 Å². The van der Waals surface area contributed by atoms with E-state index in [1.165, 1.54) is 50.1 Å². The molecule has 22 heavy (non-hydrogen) atoms. The van der Waals surface area contributed by atoms with Gasteiger partial charge in [0.2, 0.25) is 0 Å². The van der Waals surface area contributed by atoms with Crippen LogP contribution in [0.3, 0.4) is 0 Å². The zero-order valence-corrected chi connectivity index (χ0v) is 13.0. The molecule has 2 aliphatic rings. The quantitative estimate of drug-likeness (QED) is 0.944. The monoisotopic (exact) mass is 296 g/mol. The third-order valence-corrected chi connectivity index (χ3v) is 5.11. The minimum Gasteiger partial charge on any atom is -0.314 e. The van der Waals surface area contributed by atoms with E-state index in [4.69, 9.17) is 0 Å². The Bertz CT molecular complexity index is 607. The predicted molar refractivity (Wildman–Crippen MR) is 88.0 cm³/mol. The molecule has 1 aromatic carbocycles. The van der Waals surface area contributed by atoms with Gasteiger partial charge in [0.1, 0.15) is 0 Å². The summed E-state index contributed by atoms with van der Waals surface area (Å²) in [5.74, 6) is 0.833. The van der Waals surface area contributed by atoms with Crippen molar-refractivity contribution < 1.29 is 0 Å². The van der Waals surface area contributed by atoms with Crippen LogP contribution in [0.5, 0.6) is 0 Å². The Hall–Kier alpha value is -1.65. The molecule has 4 nitrogen and oxygen atoms in total. The van der Waals surface area contributed by atoms with Gasteiger partial charge in [-0.25, -0.2) is 4.68 Å². The molecule has 2 aliphatic heterocycles. The van der Waals surface area contributed by atoms with Crippen LogP contribution in [0, 0.1) is 5.92 Å². The molecule has 0 saturated carbocycles. The van der Waals surface area contributed by atoms with Crippen molar-refractivity contribution in [2.75, 3.05) is 19.6 Å². The van der Waals surface area contributed by atoms with E-state index in [1.807, 2.05) is 23.1 Å². The normalized spacial score (nSPS) is 25.8. The highest BCUT2D eigenvalue weighted by molar-refractivity contribution is 5.40. The summed E-state index contributed by atoms with van der Waals surface area (Å²) in [6.45, 7) is 4.66. The van der Waals surface area contributed by atoms with Gasteiger partial charge >= 0.3 is 0 Å². The summed E-state index contributed by atoms with van der Waals surface area (Å²) in [6, 6.07) is 11.4. The summed E-state index contributed by atoms with van der Waals surface area (Å²) in [5, 5.41) is 8.09. The lowest BCUT2D eigenvalue weighted by molar-refractivity contribution is 0.109. The summed E-state index contributed by atoms with van der Waals surface area (Å²) in [4.78, 5) is 2.62. The molecule has 1 aromatic heterocycles. The summed E-state index contributed by atoms with van der Waals surface area (Å²) >= 11 is 0. The first kappa shape index (κ1) is 14.0. The van der Waals surface area contributed by atoms with Gasteiger partial charge in [-0.2, -0.15) is 5.10 Å². The number of rotatable bonds is 3. The van der Waals surface area contributed by atoms with Crippen LogP contribution in [-0.2, 0) is 6.54 Å². The van der Waals surface area contributed by atoms with Crippen molar-refractivity contribution in [2.45, 2.75) is 31.8 Å². The Morgan fingerprint density at radius 2 is 2.14 bits per heavy atom. The Balaban J connectivity index is 1.50. The molecule has 0 bridgehead atoms. The highest BCUT2D eigenvalue weighted by Crippen LogP contribution is 2.26. The molecule has 4 rings (SSSR count). The zero-order chi connectivity index (χ0) is 14.8. The van der Waals surface area contributed by atoms with E-state index in [1.54, 1.807) is 0 Å². The maximum Gasteiger partial charge on any atom is 0.0690 e. The molecule has 1 N–H and O–H groups in total. The third kappa shape index (κ3) is 2.81. The fourth-order valence-corrected chi connectivity index (χ4v) is 3.98. The second kappa shape index (κ2) is 6.23. The van der Waals surface area contributed by atoms with Gasteiger partial charge in [0.05, 0.1) is 5.69 Å². The number of para-hydroxylation sites is 1. The summed E-state index contributed by atoms with van der Waals surface area (Å²) in [7, 11) is 0. The van der Waals surface area contributed by atoms with Crippen LogP contribution in [-0.4, -0.2) is 40.4 Å². The van der Waals surface area contributed by atoms with Crippen LogP contribution in [0.4, 0.5) is 0 Å². The summed E-state index contributed by atoms with van der Waals surface area (Å²) in [5.41, 5.74) is 2.57. The lowest BCUT2D eigenvalue weighted by Gasteiger charge is -2.42. The van der Waals surface area contributed by atoms with Crippen LogP contribution < -0.4 is 5.32 Å². The smallest absolute Gasteiger partial charge is 0.0690 e. The van der Waals surface area contributed by atoms with Gasteiger partial charge in [-0.3, -0.25) is 4.90 Å². The SMILES string of the molecule is c1ccc(-n2cccn2)c(CN2CC[C@@H]3NCCC[C@@H]3C2)c1. The van der Waals surface area contributed by atoms with Crippen LogP contribution in [0.25, 0.3) is 5.69 Å². The Morgan fingerprint density at radius 1 is 1.18 bits per heavy atom. The molecule has 0 amide bonds. The summed E-state index contributed by atoms with van der Waals surface area (Å²) in [6.07, 6.45) is 7.87. The lowest BCUT2D eigenvalue weighted by atomic mass is 9.85. The van der Waals surface area contributed by atoms with E-state index >= 15 is 0 Å². The number of hydrogen-bond acceptors (Lipinski definition) is 3. The van der Waals surface area contributed by atoms with Crippen molar-refractivity contribution >= 4 is 0 Å². The molecular formula is C18H24N4. The molecule has 2 aromatic rings. The van der Waals surface area contributed by atoms with Gasteiger partial charge in [0.25, 0.3) is 0 Å². The minimum atomic E-state index is 0.756. The van der Waals surface area contributed by atoms with E-state index in [0.29, 0.717) is 0 Å². The molecule has 2 saturated heterocycles. The number of likely N-dealkylation sites (tertiary alicyclic amines) is 1. The average molecular weight is 296 g/mol. The Kier molecular flexibility index (Phi) is 3.95. The molecule has 0 unspecified atom stereocenters. The fraction of sp³-hybridized carbons (Fsp3) is 0.500. The predicted octanol–water partition coefficient (Wildman–Crippen LogP) is 2.45. The van der Waals surface area contributed by atoms with E-state index in [2.05, 4.69) is 39.6 Å². The van der Waals surface area contributed by atoms with Gasteiger partial charge in [-0.1, -0.05) is 18.2 Å². The van der Waals surface area contributed by atoms with Crippen molar-refractivity contribution in [3.63, 3.8) is 0 Å². The zero-order valence-electron chi connectivity index (χ0n) is 13.0. The van der Waals surface area contributed by atoms with Crippen molar-refractivity contribution in [3.8, 4) is 5.69 Å². The molecular weight excluding hydrogens is 272 g/mol. The number of piperidine rings is 2. The number of fused-ring (bicyclic) bond motifs is 1. The van der Waals surface area contributed by atoms with E-state index in [9.17, 15) is 0 Å². The minimum absolute atomic E-state index is 0.756. The first-order chi connectivity index (χ1) is 10.9. The highest BCUT2D eigenvalue weighted by atomic mass is 15.3. The molecule has 0 radical (unpaired) electrons. The number of aromatic nitrogens is 2. The molecule has 0 spiro atoms. The van der Waals surface area contributed by atoms with Gasteiger partial charge < -0.3 is 5.32 Å². The second-order valence-corrected chi connectivity index (χ2v) is 6.57. The van der Waals surface area contributed by atoms with Gasteiger partial charge in [0, 0.05) is 31.5 Å². The standard InChI is InChI=1S/C18H24N4/c1-2-7-18(22-11-4-10-20-22)16(5-1)14-21-12-8-17-15(13-21)6-3-9-19-17/h1-2,4-5,7,10-11,15,17,19H,3,6,8-9,12-14H2/t15-,17+/m1/s1. The van der Waals surface area contributed by atoms with Crippen LogP contribution in [0.2, 0.25) is 0 Å². The third-order valence-electron chi connectivity index (χ3n) is 5.11. The van der Waals surface area contributed by atoms with Crippen LogP contribution in [0.1, 0.15) is 24.8 Å². The summed E-state index contributed by atoms with van der Waals surface area (Å²) < 4.78 is 1.98. The average Bonchev–Trinajstić information content (AvgIpc) is 3.10. The highest BCUT2D eigenvalue weighted by Gasteiger charge is 2.30. The van der Waals surface area contributed by atoms with Crippen molar-refractivity contribution in [3.05, 3.63) is 48.3 Å². The van der Waals surface area contributed by atoms with Crippen molar-refractivity contribution in [1.29, 1.82) is 0 Å². The van der Waals surface area contributed by atoms with E-state index < -0.39 is 0 Å². The Labute approximate surface area is 132 Å². The largest absolute Gasteiger partial charge is 0.314 e. The first-order valence-electron chi connectivity index (χ1n) is 8.44. The van der Waals surface area contributed by atoms with Crippen molar-refractivity contribution in [1.82, 2.24) is 20.0 Å². The van der Waals surface area contributed by atoms with Crippen LogP contribution in [0.15, 0.2) is 42.7 Å². The molecule has 4 heteroatoms. The molecule has 116 valence electrons. The lowest BCUT2D eigenvalue weighted by Crippen LogP contribution is -2.51. The van der Waals surface area contributed by atoms with Crippen molar-refractivity contribution in [2.24, 2.45) is 5.92 Å². The maximum atomic E-state index is 4.39. The molecule has 0 aliphatic carbocycles. The number of benzene rings is 1. The maximum absolute atomic E-state index is 4.39. The molecule has 2 atom stereocenters. The van der Waals surface area contributed by atoms with Gasteiger partial charge in [-0.15, -0.1) is 0 Å². The number of hydrogen-bond donors (Lipinski definition) is 1. The Morgan fingerprint density at radius 3 is 3.05 bits per heavy atom. The first-order valence-corrected chi connectivity index (χ1v) is 8.44.